The van der Waals surface area contributed by atoms with E-state index in [1.807, 2.05) is 18.2 Å². The Bertz CT molecular complexity index is 970. The lowest BCUT2D eigenvalue weighted by atomic mass is 9.66. The lowest BCUT2D eigenvalue weighted by Crippen LogP contribution is -2.58. The van der Waals surface area contributed by atoms with Crippen LogP contribution >= 0.6 is 11.6 Å². The minimum absolute atomic E-state index is 0.0431. The number of carbonyl (C=O) groups is 1. The van der Waals surface area contributed by atoms with Gasteiger partial charge in [-0.15, -0.1) is 0 Å². The van der Waals surface area contributed by atoms with Crippen molar-refractivity contribution in [2.45, 2.75) is 31.7 Å². The van der Waals surface area contributed by atoms with Crippen molar-refractivity contribution in [3.8, 4) is 11.1 Å². The second kappa shape index (κ2) is 8.20. The van der Waals surface area contributed by atoms with E-state index in [0.717, 1.165) is 53.6 Å². The molecule has 4 heterocycles. The summed E-state index contributed by atoms with van der Waals surface area (Å²) in [5.41, 5.74) is 4.63. The molecule has 4 bridgehead atoms. The van der Waals surface area contributed by atoms with Gasteiger partial charge in [0.1, 0.15) is 0 Å². The lowest BCUT2D eigenvalue weighted by molar-refractivity contribution is -0.154. The summed E-state index contributed by atoms with van der Waals surface area (Å²) in [6.07, 6.45) is 6.91. The normalized spacial score (nSPS) is 31.4. The van der Waals surface area contributed by atoms with Crippen molar-refractivity contribution in [2.75, 3.05) is 20.2 Å². The van der Waals surface area contributed by atoms with Crippen molar-refractivity contribution in [1.29, 1.82) is 0 Å². The summed E-state index contributed by atoms with van der Waals surface area (Å²) in [7, 11) is 1.53. The third kappa shape index (κ3) is 3.59. The lowest BCUT2D eigenvalue weighted by Gasteiger charge is -2.52. The molecule has 1 aliphatic carbocycles. The first-order chi connectivity index (χ1) is 14.6. The molecule has 2 aromatic carbocycles. The van der Waals surface area contributed by atoms with Crippen LogP contribution in [0.15, 0.2) is 54.1 Å². The van der Waals surface area contributed by atoms with Crippen LogP contribution in [0.4, 0.5) is 0 Å². The van der Waals surface area contributed by atoms with Crippen molar-refractivity contribution in [3.63, 3.8) is 0 Å². The number of ether oxygens (including phenoxy) is 1. The Balaban J connectivity index is 1.49. The molecular formula is C26H28ClNO2. The van der Waals surface area contributed by atoms with Gasteiger partial charge in [-0.3, -0.25) is 9.69 Å². The Morgan fingerprint density at radius 1 is 1.10 bits per heavy atom. The van der Waals surface area contributed by atoms with Crippen LogP contribution in [-0.2, 0) is 9.53 Å². The van der Waals surface area contributed by atoms with Gasteiger partial charge in [0.2, 0.25) is 0 Å². The number of fused-ring (bicyclic) bond motifs is 2. The van der Waals surface area contributed by atoms with E-state index >= 15 is 0 Å². The van der Waals surface area contributed by atoms with Gasteiger partial charge in [-0.25, -0.2) is 0 Å². The molecule has 0 N–H and O–H groups in total. The van der Waals surface area contributed by atoms with Crippen LogP contribution in [0.1, 0.15) is 31.2 Å². The summed E-state index contributed by atoms with van der Waals surface area (Å²) in [6.45, 7) is 2.06. The molecule has 156 valence electrons. The summed E-state index contributed by atoms with van der Waals surface area (Å²) in [6, 6.07) is 16.9. The molecule has 0 amide bonds. The molecule has 1 saturated carbocycles. The number of piperidine rings is 2. The Kier molecular flexibility index (Phi) is 5.43. The molecule has 3 nitrogen and oxygen atoms in total. The molecule has 5 aliphatic rings. The molecule has 5 fully saturated rings. The van der Waals surface area contributed by atoms with E-state index < -0.39 is 0 Å². The predicted molar refractivity (Wildman–Crippen MR) is 121 cm³/mol. The van der Waals surface area contributed by atoms with Crippen molar-refractivity contribution in [3.05, 3.63) is 64.7 Å². The van der Waals surface area contributed by atoms with Gasteiger partial charge in [0.05, 0.1) is 13.0 Å². The molecule has 4 heteroatoms. The van der Waals surface area contributed by atoms with Gasteiger partial charge < -0.3 is 4.74 Å². The highest BCUT2D eigenvalue weighted by atomic mass is 35.5. The molecule has 5 atom stereocenters. The second-order valence-corrected chi connectivity index (χ2v) is 9.40. The van der Waals surface area contributed by atoms with E-state index in [1.54, 1.807) is 0 Å². The van der Waals surface area contributed by atoms with Crippen LogP contribution in [-0.4, -0.2) is 37.1 Å². The fraction of sp³-hybridized carbons (Fsp3) is 0.423. The number of nitrogens with zero attached hydrogens (tertiary/aromatic N) is 1. The minimum Gasteiger partial charge on any atom is -0.469 e. The summed E-state index contributed by atoms with van der Waals surface area (Å²) >= 11 is 6.66. The van der Waals surface area contributed by atoms with E-state index in [9.17, 15) is 4.79 Å². The van der Waals surface area contributed by atoms with Gasteiger partial charge >= 0.3 is 5.97 Å². The average Bonchev–Trinajstić information content (AvgIpc) is 2.75. The van der Waals surface area contributed by atoms with E-state index in [0.29, 0.717) is 6.04 Å². The molecule has 4 aliphatic heterocycles. The highest BCUT2D eigenvalue weighted by molar-refractivity contribution is 6.33. The van der Waals surface area contributed by atoms with Crippen molar-refractivity contribution in [2.24, 2.45) is 17.8 Å². The van der Waals surface area contributed by atoms with Crippen molar-refractivity contribution >= 4 is 23.6 Å². The summed E-state index contributed by atoms with van der Waals surface area (Å²) in [5, 5.41) is 0.760. The number of hydrogen-bond donors (Lipinski definition) is 0. The number of hydrogen-bond acceptors (Lipinski definition) is 3. The molecule has 0 spiro atoms. The summed E-state index contributed by atoms with van der Waals surface area (Å²) in [5.74, 6) is 0.964. The first-order valence-corrected chi connectivity index (χ1v) is 11.4. The van der Waals surface area contributed by atoms with Gasteiger partial charge in [0, 0.05) is 29.7 Å². The maximum absolute atomic E-state index is 12.8. The van der Waals surface area contributed by atoms with Gasteiger partial charge in [-0.2, -0.15) is 0 Å². The van der Waals surface area contributed by atoms with Crippen LogP contribution in [0, 0.1) is 17.8 Å². The summed E-state index contributed by atoms with van der Waals surface area (Å²) in [4.78, 5) is 15.3. The topological polar surface area (TPSA) is 29.5 Å². The average molecular weight is 422 g/mol. The maximum Gasteiger partial charge on any atom is 0.310 e. The Hall–Kier alpha value is -2.10. The van der Waals surface area contributed by atoms with E-state index in [2.05, 4.69) is 41.3 Å². The fourth-order valence-electron chi connectivity index (χ4n) is 5.90. The van der Waals surface area contributed by atoms with E-state index in [-0.39, 0.29) is 17.8 Å². The molecular weight excluding hydrogens is 394 g/mol. The molecule has 0 aromatic heterocycles. The van der Waals surface area contributed by atoms with Crippen LogP contribution < -0.4 is 0 Å². The van der Waals surface area contributed by atoms with Crippen LogP contribution in [0.25, 0.3) is 17.2 Å². The maximum atomic E-state index is 12.8. The monoisotopic (exact) mass is 421 g/mol. The predicted octanol–water partition coefficient (Wildman–Crippen LogP) is 5.68. The zero-order valence-electron chi connectivity index (χ0n) is 17.4. The minimum atomic E-state index is -0.0460. The van der Waals surface area contributed by atoms with Crippen molar-refractivity contribution < 1.29 is 9.53 Å². The number of carbonyl (C=O) groups excluding carboxylic acids is 1. The molecule has 4 saturated heterocycles. The van der Waals surface area contributed by atoms with Gasteiger partial charge in [0.25, 0.3) is 0 Å². The molecule has 2 aromatic rings. The van der Waals surface area contributed by atoms with Gasteiger partial charge in [0.15, 0.2) is 0 Å². The first-order valence-electron chi connectivity index (χ1n) is 11.0. The number of halogens is 1. The third-order valence-electron chi connectivity index (χ3n) is 7.33. The van der Waals surface area contributed by atoms with Crippen LogP contribution in [0.5, 0.6) is 0 Å². The fourth-order valence-corrected chi connectivity index (χ4v) is 6.20. The summed E-state index contributed by atoms with van der Waals surface area (Å²) < 4.78 is 5.26. The van der Waals surface area contributed by atoms with Crippen LogP contribution in [0.3, 0.4) is 0 Å². The SMILES string of the molecule is COC(=O)C1C2CCC3CCC1N(C/C2=C\c1ccc(-c2ccccc2)c(Cl)c1)C3. The largest absolute Gasteiger partial charge is 0.469 e. The standard InChI is InChI=1S/C26H28ClNO2/c1-30-26(29)25-22-11-7-17-9-12-24(25)28(15-17)16-20(22)13-18-8-10-21(23(27)14-18)19-5-3-2-4-6-19/h2-6,8,10,13-14,17,22,24-25H,7,9,11-12,15-16H2,1H3/b20-13+. The zero-order chi connectivity index (χ0) is 20.7. The number of esters is 1. The highest BCUT2D eigenvalue weighted by Gasteiger charge is 2.49. The number of rotatable bonds is 3. The Morgan fingerprint density at radius 2 is 1.90 bits per heavy atom. The molecule has 30 heavy (non-hydrogen) atoms. The number of methoxy groups -OCH3 is 1. The highest BCUT2D eigenvalue weighted by Crippen LogP contribution is 2.46. The van der Waals surface area contributed by atoms with Gasteiger partial charge in [-0.1, -0.05) is 65.7 Å². The van der Waals surface area contributed by atoms with E-state index in [1.165, 1.54) is 25.5 Å². The molecule has 5 unspecified atom stereocenters. The van der Waals surface area contributed by atoms with E-state index in [4.69, 9.17) is 16.3 Å². The van der Waals surface area contributed by atoms with Crippen molar-refractivity contribution in [1.82, 2.24) is 4.90 Å². The second-order valence-electron chi connectivity index (χ2n) is 9.00. The van der Waals surface area contributed by atoms with Gasteiger partial charge in [-0.05, 0) is 54.7 Å². The molecule has 0 radical (unpaired) electrons. The zero-order valence-corrected chi connectivity index (χ0v) is 18.1. The smallest absolute Gasteiger partial charge is 0.310 e. The Morgan fingerprint density at radius 3 is 2.67 bits per heavy atom. The third-order valence-corrected chi connectivity index (χ3v) is 7.64. The number of benzene rings is 2. The quantitative estimate of drug-likeness (QED) is 0.597. The first kappa shape index (κ1) is 19.8. The van der Waals surface area contributed by atoms with Crippen LogP contribution in [0.2, 0.25) is 5.02 Å². The molecule has 7 rings (SSSR count). The Labute approximate surface area is 183 Å².